The number of aromatic hydroxyl groups is 1. The number of para-hydroxylation sites is 1. The molecule has 0 amide bonds. The molecule has 2 unspecified atom stereocenters. The Balaban J connectivity index is 0.000000163. The van der Waals surface area contributed by atoms with Crippen LogP contribution in [-0.2, 0) is 14.2 Å². The van der Waals surface area contributed by atoms with E-state index in [0.29, 0.717) is 18.0 Å². The van der Waals surface area contributed by atoms with Gasteiger partial charge in [0.1, 0.15) is 18.0 Å². The van der Waals surface area contributed by atoms with Gasteiger partial charge >= 0.3 is 0 Å². The molecule has 0 aromatic heterocycles. The molecular formula is C21H28O4. The van der Waals surface area contributed by atoms with E-state index >= 15 is 0 Å². The molecule has 2 aromatic carbocycles. The summed E-state index contributed by atoms with van der Waals surface area (Å²) in [5, 5.41) is 9.56. The van der Waals surface area contributed by atoms with Gasteiger partial charge in [-0.15, -0.1) is 0 Å². The zero-order chi connectivity index (χ0) is 17.9. The van der Waals surface area contributed by atoms with Crippen molar-refractivity contribution in [3.8, 4) is 16.9 Å². The first-order valence-corrected chi connectivity index (χ1v) is 8.88. The quantitative estimate of drug-likeness (QED) is 0.823. The molecule has 4 heteroatoms. The van der Waals surface area contributed by atoms with E-state index in [-0.39, 0.29) is 0 Å². The van der Waals surface area contributed by atoms with Gasteiger partial charge in [0.05, 0.1) is 26.4 Å². The topological polar surface area (TPSA) is 54.5 Å². The Morgan fingerprint density at radius 2 is 1.36 bits per heavy atom. The van der Waals surface area contributed by atoms with Crippen molar-refractivity contribution in [2.45, 2.75) is 32.5 Å². The molecule has 2 fully saturated rings. The molecule has 4 nitrogen and oxygen atoms in total. The van der Waals surface area contributed by atoms with Crippen LogP contribution in [0.2, 0.25) is 0 Å². The summed E-state index contributed by atoms with van der Waals surface area (Å²) in [6.07, 6.45) is 2.03. The van der Waals surface area contributed by atoms with Gasteiger partial charge in [-0.2, -0.15) is 0 Å². The molecule has 1 N–H and O–H groups in total. The fourth-order valence-electron chi connectivity index (χ4n) is 1.99. The Labute approximate surface area is 150 Å². The second kappa shape index (κ2) is 10.9. The lowest BCUT2D eigenvalue weighted by atomic mass is 10.1. The number of benzene rings is 2. The SMILES string of the molecule is C(OCC1CO1)C1CO1.CCC.Oc1ccccc1-c1ccccc1. The highest BCUT2D eigenvalue weighted by Crippen LogP contribution is 2.27. The number of rotatable bonds is 5. The molecule has 2 saturated heterocycles. The minimum atomic E-state index is 0.328. The second-order valence-electron chi connectivity index (χ2n) is 6.04. The van der Waals surface area contributed by atoms with Crippen molar-refractivity contribution in [3.05, 3.63) is 54.6 Å². The molecule has 2 aliphatic heterocycles. The van der Waals surface area contributed by atoms with E-state index in [2.05, 4.69) is 13.8 Å². The molecule has 0 bridgehead atoms. The lowest BCUT2D eigenvalue weighted by molar-refractivity contribution is 0.102. The molecule has 0 radical (unpaired) electrons. The van der Waals surface area contributed by atoms with Crippen LogP contribution >= 0.6 is 0 Å². The van der Waals surface area contributed by atoms with Crippen molar-refractivity contribution in [1.29, 1.82) is 0 Å². The lowest BCUT2D eigenvalue weighted by Crippen LogP contribution is -2.06. The summed E-state index contributed by atoms with van der Waals surface area (Å²) in [5.41, 5.74) is 1.92. The van der Waals surface area contributed by atoms with Crippen LogP contribution in [0.25, 0.3) is 11.1 Å². The van der Waals surface area contributed by atoms with E-state index in [1.165, 1.54) is 6.42 Å². The molecule has 4 rings (SSSR count). The molecule has 0 saturated carbocycles. The minimum absolute atomic E-state index is 0.328. The number of ether oxygens (including phenoxy) is 3. The molecule has 0 spiro atoms. The van der Waals surface area contributed by atoms with Crippen molar-refractivity contribution in [1.82, 2.24) is 0 Å². The van der Waals surface area contributed by atoms with E-state index in [1.807, 2.05) is 48.5 Å². The second-order valence-corrected chi connectivity index (χ2v) is 6.04. The average molecular weight is 344 g/mol. The zero-order valence-electron chi connectivity index (χ0n) is 15.1. The first-order valence-electron chi connectivity index (χ1n) is 8.88. The third-order valence-corrected chi connectivity index (χ3v) is 3.40. The molecule has 2 heterocycles. The predicted octanol–water partition coefficient (Wildman–Crippen LogP) is 4.28. The minimum Gasteiger partial charge on any atom is -0.507 e. The van der Waals surface area contributed by atoms with Gasteiger partial charge < -0.3 is 19.3 Å². The molecular weight excluding hydrogens is 316 g/mol. The number of phenols is 1. The largest absolute Gasteiger partial charge is 0.507 e. The van der Waals surface area contributed by atoms with Gasteiger partial charge in [0.15, 0.2) is 0 Å². The summed E-state index contributed by atoms with van der Waals surface area (Å²) in [6.45, 7) is 7.51. The summed E-state index contributed by atoms with van der Waals surface area (Å²) in [7, 11) is 0. The normalized spacial score (nSPS) is 19.8. The van der Waals surface area contributed by atoms with Crippen LogP contribution < -0.4 is 0 Å². The van der Waals surface area contributed by atoms with Crippen molar-refractivity contribution < 1.29 is 19.3 Å². The summed E-state index contributed by atoms with van der Waals surface area (Å²) in [6, 6.07) is 17.2. The van der Waals surface area contributed by atoms with Gasteiger partial charge in [-0.1, -0.05) is 68.8 Å². The van der Waals surface area contributed by atoms with Gasteiger partial charge in [-0.3, -0.25) is 0 Å². The van der Waals surface area contributed by atoms with E-state index in [9.17, 15) is 5.11 Å². The summed E-state index contributed by atoms with van der Waals surface area (Å²) >= 11 is 0. The summed E-state index contributed by atoms with van der Waals surface area (Å²) < 4.78 is 15.1. The van der Waals surface area contributed by atoms with Gasteiger partial charge in [0, 0.05) is 5.56 Å². The molecule has 2 aliphatic rings. The van der Waals surface area contributed by atoms with Crippen LogP contribution in [0.15, 0.2) is 54.6 Å². The predicted molar refractivity (Wildman–Crippen MR) is 99.8 cm³/mol. The van der Waals surface area contributed by atoms with Crippen LogP contribution in [0.5, 0.6) is 5.75 Å². The zero-order valence-corrected chi connectivity index (χ0v) is 15.1. The molecule has 2 atom stereocenters. The van der Waals surface area contributed by atoms with Gasteiger partial charge in [0.25, 0.3) is 0 Å². The van der Waals surface area contributed by atoms with Crippen LogP contribution in [0, 0.1) is 0 Å². The van der Waals surface area contributed by atoms with E-state index in [0.717, 1.165) is 37.6 Å². The fraction of sp³-hybridized carbons (Fsp3) is 0.429. The third-order valence-electron chi connectivity index (χ3n) is 3.40. The van der Waals surface area contributed by atoms with Crippen LogP contribution in [-0.4, -0.2) is 43.7 Å². The number of hydrogen-bond donors (Lipinski definition) is 1. The van der Waals surface area contributed by atoms with Gasteiger partial charge in [-0.05, 0) is 11.6 Å². The molecule has 2 aromatic rings. The van der Waals surface area contributed by atoms with Crippen LogP contribution in [0.3, 0.4) is 0 Å². The van der Waals surface area contributed by atoms with Crippen molar-refractivity contribution in [3.63, 3.8) is 0 Å². The highest BCUT2D eigenvalue weighted by atomic mass is 16.6. The van der Waals surface area contributed by atoms with Gasteiger partial charge in [-0.25, -0.2) is 0 Å². The highest BCUT2D eigenvalue weighted by molar-refractivity contribution is 5.69. The average Bonchev–Trinajstić information content (AvgIpc) is 3.53. The first-order chi connectivity index (χ1) is 12.2. The molecule has 25 heavy (non-hydrogen) atoms. The lowest BCUT2D eigenvalue weighted by Gasteiger charge is -2.02. The van der Waals surface area contributed by atoms with Crippen LogP contribution in [0.4, 0.5) is 0 Å². The number of epoxide rings is 2. The summed E-state index contributed by atoms with van der Waals surface area (Å²) in [5.74, 6) is 0.328. The van der Waals surface area contributed by atoms with Gasteiger partial charge in [0.2, 0.25) is 0 Å². The number of hydrogen-bond acceptors (Lipinski definition) is 4. The Hall–Kier alpha value is -1.88. The monoisotopic (exact) mass is 344 g/mol. The summed E-state index contributed by atoms with van der Waals surface area (Å²) in [4.78, 5) is 0. The highest BCUT2D eigenvalue weighted by Gasteiger charge is 2.26. The maximum Gasteiger partial charge on any atom is 0.123 e. The molecule has 0 aliphatic carbocycles. The maximum absolute atomic E-state index is 9.56. The van der Waals surface area contributed by atoms with Crippen molar-refractivity contribution in [2.24, 2.45) is 0 Å². The van der Waals surface area contributed by atoms with Crippen molar-refractivity contribution in [2.75, 3.05) is 26.4 Å². The Morgan fingerprint density at radius 3 is 1.84 bits per heavy atom. The van der Waals surface area contributed by atoms with Crippen molar-refractivity contribution >= 4 is 0 Å². The third kappa shape index (κ3) is 8.16. The standard InChI is InChI=1S/C12H10O.C6H10O3.C3H8/c13-12-9-5-4-8-11(12)10-6-2-1-3-7-10;1(5-3-8-5)7-2-6-4-9-6;1-3-2/h1-9,13H;5-6H,1-4H2;3H2,1-2H3. The van der Waals surface area contributed by atoms with E-state index in [4.69, 9.17) is 14.2 Å². The Morgan fingerprint density at radius 1 is 0.880 bits per heavy atom. The van der Waals surface area contributed by atoms with E-state index < -0.39 is 0 Å². The Bertz CT molecular complexity index is 580. The smallest absolute Gasteiger partial charge is 0.123 e. The molecule has 136 valence electrons. The Kier molecular flexibility index (Phi) is 8.46. The number of phenolic OH excluding ortho intramolecular Hbond substituents is 1. The van der Waals surface area contributed by atoms with Crippen LogP contribution in [0.1, 0.15) is 20.3 Å². The first kappa shape index (κ1) is 19.4. The maximum atomic E-state index is 9.56. The van der Waals surface area contributed by atoms with E-state index in [1.54, 1.807) is 6.07 Å². The fourth-order valence-corrected chi connectivity index (χ4v) is 1.99.